The molecule has 0 unspecified atom stereocenters. The number of nitrogens with zero attached hydrogens (tertiary/aromatic N) is 1. The molecular weight excluding hydrogens is 360 g/mol. The number of unbranched alkanes of at least 4 members (excludes halogenated alkanes) is 4. The maximum atomic E-state index is 12.3. The van der Waals surface area contributed by atoms with E-state index in [9.17, 15) is 14.4 Å². The molecule has 0 aliphatic heterocycles. The summed E-state index contributed by atoms with van der Waals surface area (Å²) in [5, 5.41) is 9.50. The largest absolute Gasteiger partial charge is 0.481 e. The van der Waals surface area contributed by atoms with Crippen LogP contribution in [-0.4, -0.2) is 34.5 Å². The lowest BCUT2D eigenvalue weighted by molar-refractivity contribution is -0.137. The minimum Gasteiger partial charge on any atom is -0.481 e. The molecule has 0 atom stereocenters. The molecule has 2 aromatic rings. The summed E-state index contributed by atoms with van der Waals surface area (Å²) in [5.74, 6) is -0.750. The molecule has 0 radical (unpaired) electrons. The van der Waals surface area contributed by atoms with Gasteiger partial charge >= 0.3 is 11.9 Å². The van der Waals surface area contributed by atoms with Crippen LogP contribution in [0.3, 0.4) is 0 Å². The Hall–Kier alpha value is -2.83. The van der Waals surface area contributed by atoms with Crippen LogP contribution in [0.5, 0.6) is 5.75 Å². The van der Waals surface area contributed by atoms with E-state index in [2.05, 4.69) is 4.98 Å². The number of fused-ring (bicyclic) bond motifs is 1. The van der Waals surface area contributed by atoms with E-state index in [1.54, 1.807) is 24.0 Å². The van der Waals surface area contributed by atoms with Crippen LogP contribution in [0.2, 0.25) is 0 Å². The summed E-state index contributed by atoms with van der Waals surface area (Å²) < 4.78 is 5.18. The molecule has 2 rings (SSSR count). The van der Waals surface area contributed by atoms with Gasteiger partial charge in [0.1, 0.15) is 5.75 Å². The summed E-state index contributed by atoms with van der Waals surface area (Å²) in [6.45, 7) is 5.40. The number of benzene rings is 1. The molecule has 0 saturated carbocycles. The SMILES string of the molecule is CC(=O)Oc1ccc2[nH]c(C)c(N(CCCCCCCC(=O)O)C(C)=O)c2c1. The van der Waals surface area contributed by atoms with E-state index >= 15 is 0 Å². The Kier molecular flexibility index (Phi) is 7.61. The number of rotatable bonds is 10. The predicted molar refractivity (Wildman–Crippen MR) is 108 cm³/mol. The van der Waals surface area contributed by atoms with Crippen LogP contribution in [0.25, 0.3) is 10.9 Å². The van der Waals surface area contributed by atoms with Crippen molar-refractivity contribution in [1.82, 2.24) is 4.98 Å². The smallest absolute Gasteiger partial charge is 0.308 e. The Morgan fingerprint density at radius 3 is 2.39 bits per heavy atom. The molecule has 0 saturated heterocycles. The van der Waals surface area contributed by atoms with E-state index in [4.69, 9.17) is 9.84 Å². The van der Waals surface area contributed by atoms with Crippen LogP contribution in [0.4, 0.5) is 5.69 Å². The van der Waals surface area contributed by atoms with Gasteiger partial charge in [0.25, 0.3) is 0 Å². The van der Waals surface area contributed by atoms with E-state index in [-0.39, 0.29) is 18.3 Å². The van der Waals surface area contributed by atoms with Crippen molar-refractivity contribution in [2.45, 2.75) is 59.3 Å². The van der Waals surface area contributed by atoms with Crippen LogP contribution in [0.15, 0.2) is 18.2 Å². The van der Waals surface area contributed by atoms with Gasteiger partial charge in [-0.3, -0.25) is 14.4 Å². The lowest BCUT2D eigenvalue weighted by Gasteiger charge is -2.22. The number of carbonyl (C=O) groups is 3. The number of nitrogens with one attached hydrogen (secondary N) is 1. The van der Waals surface area contributed by atoms with E-state index in [0.717, 1.165) is 48.0 Å². The molecule has 152 valence electrons. The number of hydrogen-bond acceptors (Lipinski definition) is 4. The average Bonchev–Trinajstić information content (AvgIpc) is 2.91. The van der Waals surface area contributed by atoms with Crippen molar-refractivity contribution >= 4 is 34.4 Å². The van der Waals surface area contributed by atoms with E-state index in [1.807, 2.05) is 13.0 Å². The van der Waals surface area contributed by atoms with Crippen molar-refractivity contribution in [1.29, 1.82) is 0 Å². The molecule has 0 bridgehead atoms. The minimum atomic E-state index is -0.759. The number of aromatic amines is 1. The molecule has 0 aliphatic carbocycles. The van der Waals surface area contributed by atoms with E-state index in [0.29, 0.717) is 18.7 Å². The van der Waals surface area contributed by atoms with Gasteiger partial charge in [0.05, 0.1) is 5.69 Å². The normalized spacial score (nSPS) is 10.8. The first-order valence-corrected chi connectivity index (χ1v) is 9.60. The van der Waals surface area contributed by atoms with Gasteiger partial charge in [0.15, 0.2) is 0 Å². The molecule has 0 spiro atoms. The highest BCUT2D eigenvalue weighted by atomic mass is 16.5. The average molecular weight is 388 g/mol. The molecule has 7 heteroatoms. The predicted octanol–water partition coefficient (Wildman–Crippen LogP) is 4.18. The molecule has 1 aromatic heterocycles. The first kappa shape index (κ1) is 21.5. The fraction of sp³-hybridized carbons (Fsp3) is 0.476. The molecule has 0 aliphatic rings. The van der Waals surface area contributed by atoms with Crippen molar-refractivity contribution < 1.29 is 24.2 Å². The van der Waals surface area contributed by atoms with Gasteiger partial charge in [-0.05, 0) is 38.0 Å². The number of aromatic nitrogens is 1. The Morgan fingerprint density at radius 2 is 1.75 bits per heavy atom. The Morgan fingerprint density at radius 1 is 1.07 bits per heavy atom. The summed E-state index contributed by atoms with van der Waals surface area (Å²) >= 11 is 0. The van der Waals surface area contributed by atoms with Gasteiger partial charge < -0.3 is 19.7 Å². The second-order valence-corrected chi connectivity index (χ2v) is 6.98. The summed E-state index contributed by atoms with van der Waals surface area (Å²) in [7, 11) is 0. The third-order valence-corrected chi connectivity index (χ3v) is 4.61. The number of aliphatic carboxylic acids is 1. The first-order chi connectivity index (χ1) is 13.3. The third-order valence-electron chi connectivity index (χ3n) is 4.61. The molecule has 1 aromatic carbocycles. The maximum absolute atomic E-state index is 12.3. The highest BCUT2D eigenvalue weighted by Gasteiger charge is 2.19. The van der Waals surface area contributed by atoms with Crippen molar-refractivity contribution in [3.63, 3.8) is 0 Å². The lowest BCUT2D eigenvalue weighted by atomic mass is 10.1. The monoisotopic (exact) mass is 388 g/mol. The number of amides is 1. The van der Waals surface area contributed by atoms with Gasteiger partial charge in [-0.25, -0.2) is 0 Å². The highest BCUT2D eigenvalue weighted by molar-refractivity contribution is 6.04. The fourth-order valence-corrected chi connectivity index (χ4v) is 3.37. The van der Waals surface area contributed by atoms with Crippen LogP contribution < -0.4 is 9.64 Å². The van der Waals surface area contributed by atoms with Crippen LogP contribution in [0, 0.1) is 6.92 Å². The highest BCUT2D eigenvalue weighted by Crippen LogP contribution is 2.34. The Bertz CT molecular complexity index is 856. The quantitative estimate of drug-likeness (QED) is 0.361. The molecule has 1 heterocycles. The second-order valence-electron chi connectivity index (χ2n) is 6.98. The van der Waals surface area contributed by atoms with Gasteiger partial charge in [0, 0.05) is 43.4 Å². The molecule has 0 fully saturated rings. The number of ether oxygens (including phenoxy) is 1. The van der Waals surface area contributed by atoms with Gasteiger partial charge in [-0.1, -0.05) is 19.3 Å². The molecule has 28 heavy (non-hydrogen) atoms. The minimum absolute atomic E-state index is 0.0484. The number of hydrogen-bond donors (Lipinski definition) is 2. The summed E-state index contributed by atoms with van der Waals surface area (Å²) in [5.41, 5.74) is 2.57. The molecule has 7 nitrogen and oxygen atoms in total. The Labute approximate surface area is 164 Å². The Balaban J connectivity index is 2.09. The standard InChI is InChI=1S/C21H28N2O5/c1-14-21(18-13-17(28-16(3)25)10-11-19(18)22-14)23(15(2)24)12-8-6-4-5-7-9-20(26)27/h10-11,13,22H,4-9,12H2,1-3H3,(H,26,27). The van der Waals surface area contributed by atoms with E-state index in [1.165, 1.54) is 6.92 Å². The van der Waals surface area contributed by atoms with Gasteiger partial charge in [-0.15, -0.1) is 0 Å². The fourth-order valence-electron chi connectivity index (χ4n) is 3.37. The summed E-state index contributed by atoms with van der Waals surface area (Å²) in [6.07, 6.45) is 4.49. The number of esters is 1. The zero-order valence-corrected chi connectivity index (χ0v) is 16.7. The van der Waals surface area contributed by atoms with E-state index < -0.39 is 5.97 Å². The van der Waals surface area contributed by atoms with Crippen molar-refractivity contribution in [2.75, 3.05) is 11.4 Å². The number of carboxylic acids is 1. The van der Waals surface area contributed by atoms with Crippen LogP contribution >= 0.6 is 0 Å². The number of aryl methyl sites for hydroxylation is 1. The molecule has 1 amide bonds. The zero-order chi connectivity index (χ0) is 20.7. The number of carboxylic acid groups (broad SMARTS) is 1. The molecule has 2 N–H and O–H groups in total. The lowest BCUT2D eigenvalue weighted by Crippen LogP contribution is -2.30. The van der Waals surface area contributed by atoms with Crippen molar-refractivity contribution in [3.05, 3.63) is 23.9 Å². The number of carbonyl (C=O) groups excluding carboxylic acids is 2. The summed E-state index contributed by atoms with van der Waals surface area (Å²) in [4.78, 5) is 39.1. The first-order valence-electron chi connectivity index (χ1n) is 9.60. The summed E-state index contributed by atoms with van der Waals surface area (Å²) in [6, 6.07) is 5.33. The zero-order valence-electron chi connectivity index (χ0n) is 16.7. The second kappa shape index (κ2) is 9.92. The van der Waals surface area contributed by atoms with Gasteiger partial charge in [-0.2, -0.15) is 0 Å². The van der Waals surface area contributed by atoms with Crippen LogP contribution in [0.1, 0.15) is 58.1 Å². The van der Waals surface area contributed by atoms with Gasteiger partial charge in [0.2, 0.25) is 5.91 Å². The maximum Gasteiger partial charge on any atom is 0.308 e. The number of anilines is 1. The topological polar surface area (TPSA) is 99.7 Å². The third kappa shape index (κ3) is 5.84. The number of H-pyrrole nitrogens is 1. The molecular formula is C21H28N2O5. The van der Waals surface area contributed by atoms with Crippen molar-refractivity contribution in [2.24, 2.45) is 0 Å². The van der Waals surface area contributed by atoms with Crippen molar-refractivity contribution in [3.8, 4) is 5.75 Å². The van der Waals surface area contributed by atoms with Crippen LogP contribution in [-0.2, 0) is 14.4 Å².